The van der Waals surface area contributed by atoms with Gasteiger partial charge in [-0.25, -0.2) is 5.84 Å². The standard InChI is InChI=1S/C14H13N3O3/c1-9-13(14(18)17-16)6-12(20-9)8-19-11-4-2-10(7-15)3-5-11/h2-6H,8,16H2,1H3,(H,17,18). The lowest BCUT2D eigenvalue weighted by Gasteiger charge is -2.03. The average molecular weight is 271 g/mol. The summed E-state index contributed by atoms with van der Waals surface area (Å²) >= 11 is 0. The summed E-state index contributed by atoms with van der Waals surface area (Å²) in [5.41, 5.74) is 3.00. The summed E-state index contributed by atoms with van der Waals surface area (Å²) < 4.78 is 10.9. The fourth-order valence-corrected chi connectivity index (χ4v) is 1.70. The van der Waals surface area contributed by atoms with E-state index in [1.165, 1.54) is 0 Å². The predicted octanol–water partition coefficient (Wildman–Crippen LogP) is 1.64. The summed E-state index contributed by atoms with van der Waals surface area (Å²) in [6, 6.07) is 10.3. The number of nitrogen functional groups attached to an aromatic ring is 1. The summed E-state index contributed by atoms with van der Waals surface area (Å²) in [7, 11) is 0. The number of amides is 1. The van der Waals surface area contributed by atoms with Crippen molar-refractivity contribution in [3.63, 3.8) is 0 Å². The largest absolute Gasteiger partial charge is 0.486 e. The number of carbonyl (C=O) groups excluding carboxylic acids is 1. The van der Waals surface area contributed by atoms with Crippen LogP contribution >= 0.6 is 0 Å². The molecule has 1 aromatic heterocycles. The molecular weight excluding hydrogens is 258 g/mol. The van der Waals surface area contributed by atoms with Gasteiger partial charge in [0.25, 0.3) is 5.91 Å². The first-order chi connectivity index (χ1) is 9.63. The number of furan rings is 1. The van der Waals surface area contributed by atoms with E-state index in [1.54, 1.807) is 37.3 Å². The van der Waals surface area contributed by atoms with E-state index in [4.69, 9.17) is 20.3 Å². The number of hydrogen-bond acceptors (Lipinski definition) is 5. The molecule has 0 atom stereocenters. The normalized spacial score (nSPS) is 9.85. The molecule has 0 unspecified atom stereocenters. The third-order valence-corrected chi connectivity index (χ3v) is 2.71. The minimum absolute atomic E-state index is 0.185. The predicted molar refractivity (Wildman–Crippen MR) is 70.6 cm³/mol. The van der Waals surface area contributed by atoms with E-state index in [9.17, 15) is 4.79 Å². The molecule has 0 saturated carbocycles. The van der Waals surface area contributed by atoms with Gasteiger partial charge in [0, 0.05) is 0 Å². The van der Waals surface area contributed by atoms with E-state index in [0.717, 1.165) is 0 Å². The first-order valence-electron chi connectivity index (χ1n) is 5.87. The lowest BCUT2D eigenvalue weighted by molar-refractivity contribution is 0.0952. The average Bonchev–Trinajstić information content (AvgIpc) is 2.86. The second-order valence-corrected chi connectivity index (χ2v) is 4.08. The Kier molecular flexibility index (Phi) is 4.03. The molecule has 0 bridgehead atoms. The van der Waals surface area contributed by atoms with Crippen molar-refractivity contribution in [3.8, 4) is 11.8 Å². The van der Waals surface area contributed by atoms with Gasteiger partial charge in [0.05, 0.1) is 17.2 Å². The quantitative estimate of drug-likeness (QED) is 0.500. The molecular formula is C14H13N3O3. The van der Waals surface area contributed by atoms with Crippen LogP contribution < -0.4 is 16.0 Å². The summed E-state index contributed by atoms with van der Waals surface area (Å²) in [4.78, 5) is 11.4. The van der Waals surface area contributed by atoms with Crippen LogP contribution in [-0.2, 0) is 6.61 Å². The van der Waals surface area contributed by atoms with Crippen molar-refractivity contribution >= 4 is 5.91 Å². The third-order valence-electron chi connectivity index (χ3n) is 2.71. The van der Waals surface area contributed by atoms with Gasteiger partial charge < -0.3 is 9.15 Å². The number of hydrogen-bond donors (Lipinski definition) is 2. The highest BCUT2D eigenvalue weighted by atomic mass is 16.5. The molecule has 3 N–H and O–H groups in total. The van der Waals surface area contributed by atoms with Crippen LogP contribution in [0.4, 0.5) is 0 Å². The van der Waals surface area contributed by atoms with Gasteiger partial charge in [0.1, 0.15) is 23.9 Å². The minimum atomic E-state index is -0.407. The topological polar surface area (TPSA) is 101 Å². The molecule has 6 nitrogen and oxygen atoms in total. The molecule has 0 aliphatic heterocycles. The van der Waals surface area contributed by atoms with E-state index in [1.807, 2.05) is 6.07 Å². The fraction of sp³-hybridized carbons (Fsp3) is 0.143. The Morgan fingerprint density at radius 3 is 2.75 bits per heavy atom. The van der Waals surface area contributed by atoms with Crippen LogP contribution in [0.3, 0.4) is 0 Å². The van der Waals surface area contributed by atoms with Crippen molar-refractivity contribution in [3.05, 3.63) is 53.0 Å². The molecule has 2 aromatic rings. The zero-order chi connectivity index (χ0) is 14.5. The highest BCUT2D eigenvalue weighted by Gasteiger charge is 2.14. The van der Waals surface area contributed by atoms with Crippen molar-refractivity contribution < 1.29 is 13.9 Å². The molecule has 1 heterocycles. The number of nitrogens with two attached hydrogens (primary N) is 1. The molecule has 2 rings (SSSR count). The molecule has 0 spiro atoms. The van der Waals surface area contributed by atoms with E-state index in [0.29, 0.717) is 28.4 Å². The van der Waals surface area contributed by atoms with Crippen molar-refractivity contribution in [1.82, 2.24) is 5.43 Å². The molecule has 0 radical (unpaired) electrons. The summed E-state index contributed by atoms with van der Waals surface area (Å²) in [6.45, 7) is 1.86. The Morgan fingerprint density at radius 2 is 2.15 bits per heavy atom. The molecule has 0 saturated heterocycles. The van der Waals surface area contributed by atoms with E-state index in [-0.39, 0.29) is 6.61 Å². The zero-order valence-corrected chi connectivity index (χ0v) is 10.8. The number of nitriles is 1. The Hall–Kier alpha value is -2.78. The molecule has 102 valence electrons. The van der Waals surface area contributed by atoms with Crippen LogP contribution in [-0.4, -0.2) is 5.91 Å². The number of nitrogens with one attached hydrogen (secondary N) is 1. The minimum Gasteiger partial charge on any atom is -0.486 e. The monoisotopic (exact) mass is 271 g/mol. The molecule has 0 aliphatic rings. The summed E-state index contributed by atoms with van der Waals surface area (Å²) in [5, 5.41) is 8.69. The van der Waals surface area contributed by atoms with Crippen LogP contribution in [0.5, 0.6) is 5.75 Å². The summed E-state index contributed by atoms with van der Waals surface area (Å²) in [5.74, 6) is 6.28. The van der Waals surface area contributed by atoms with Gasteiger partial charge in [0.15, 0.2) is 0 Å². The van der Waals surface area contributed by atoms with Crippen molar-refractivity contribution in [2.45, 2.75) is 13.5 Å². The smallest absolute Gasteiger partial charge is 0.268 e. The van der Waals surface area contributed by atoms with E-state index in [2.05, 4.69) is 5.43 Å². The van der Waals surface area contributed by atoms with Gasteiger partial charge in [-0.15, -0.1) is 0 Å². The maximum atomic E-state index is 11.4. The van der Waals surface area contributed by atoms with Gasteiger partial charge in [-0.1, -0.05) is 0 Å². The molecule has 1 amide bonds. The lowest BCUT2D eigenvalue weighted by Crippen LogP contribution is -2.30. The third kappa shape index (κ3) is 2.96. The fourth-order valence-electron chi connectivity index (χ4n) is 1.70. The Labute approximate surface area is 115 Å². The number of ether oxygens (including phenoxy) is 1. The SMILES string of the molecule is Cc1oc(COc2ccc(C#N)cc2)cc1C(=O)NN. The molecule has 20 heavy (non-hydrogen) atoms. The van der Waals surface area contributed by atoms with Gasteiger partial charge in [0.2, 0.25) is 0 Å². The van der Waals surface area contributed by atoms with Crippen molar-refractivity contribution in [2.75, 3.05) is 0 Å². The molecule has 1 aromatic carbocycles. The molecule has 0 aliphatic carbocycles. The van der Waals surface area contributed by atoms with E-state index >= 15 is 0 Å². The van der Waals surface area contributed by atoms with Gasteiger partial charge in [-0.05, 0) is 37.3 Å². The zero-order valence-electron chi connectivity index (χ0n) is 10.8. The number of benzene rings is 1. The van der Waals surface area contributed by atoms with Gasteiger partial charge in [-0.2, -0.15) is 5.26 Å². The highest BCUT2D eigenvalue weighted by molar-refractivity contribution is 5.94. The van der Waals surface area contributed by atoms with Crippen molar-refractivity contribution in [2.24, 2.45) is 5.84 Å². The lowest BCUT2D eigenvalue weighted by atomic mass is 10.2. The Bertz CT molecular complexity index is 653. The Morgan fingerprint density at radius 1 is 1.45 bits per heavy atom. The maximum Gasteiger partial charge on any atom is 0.268 e. The second-order valence-electron chi connectivity index (χ2n) is 4.08. The number of aryl methyl sites for hydroxylation is 1. The first kappa shape index (κ1) is 13.6. The number of carbonyl (C=O) groups is 1. The number of nitrogens with zero attached hydrogens (tertiary/aromatic N) is 1. The maximum absolute atomic E-state index is 11.4. The number of hydrazine groups is 1. The van der Waals surface area contributed by atoms with Crippen LogP contribution in [0.15, 0.2) is 34.7 Å². The highest BCUT2D eigenvalue weighted by Crippen LogP contribution is 2.18. The van der Waals surface area contributed by atoms with Crippen LogP contribution in [0.25, 0.3) is 0 Å². The first-order valence-corrected chi connectivity index (χ1v) is 5.87. The van der Waals surface area contributed by atoms with Gasteiger partial charge in [-0.3, -0.25) is 10.2 Å². The van der Waals surface area contributed by atoms with Crippen LogP contribution in [0.2, 0.25) is 0 Å². The van der Waals surface area contributed by atoms with Crippen LogP contribution in [0.1, 0.15) is 27.4 Å². The van der Waals surface area contributed by atoms with Crippen molar-refractivity contribution in [1.29, 1.82) is 5.26 Å². The van der Waals surface area contributed by atoms with Crippen LogP contribution in [0, 0.1) is 18.3 Å². The second kappa shape index (κ2) is 5.91. The molecule has 0 fully saturated rings. The molecule has 6 heteroatoms. The summed E-state index contributed by atoms with van der Waals surface area (Å²) in [6.07, 6.45) is 0. The Balaban J connectivity index is 2.03. The van der Waals surface area contributed by atoms with E-state index < -0.39 is 5.91 Å². The number of rotatable bonds is 4. The van der Waals surface area contributed by atoms with Gasteiger partial charge >= 0.3 is 0 Å².